The number of benzene rings is 2. The number of hydrogen-bond donors (Lipinski definition) is 2. The van der Waals surface area contributed by atoms with Crippen molar-refractivity contribution in [2.75, 3.05) is 13.7 Å². The number of rotatable bonds is 5. The summed E-state index contributed by atoms with van der Waals surface area (Å²) < 4.78 is 10.7. The summed E-state index contributed by atoms with van der Waals surface area (Å²) in [7, 11) is 1.52. The number of hydrogen-bond acceptors (Lipinski definition) is 4. The molecule has 0 fully saturated rings. The molecule has 1 aliphatic heterocycles. The van der Waals surface area contributed by atoms with Crippen LogP contribution < -0.4 is 15.4 Å². The van der Waals surface area contributed by atoms with Gasteiger partial charge in [-0.15, -0.1) is 0 Å². The molecule has 140 valence electrons. The fourth-order valence-corrected chi connectivity index (χ4v) is 3.17. The van der Waals surface area contributed by atoms with E-state index in [0.717, 1.165) is 0 Å². The Kier molecular flexibility index (Phi) is 5.66. The molecule has 0 spiro atoms. The lowest BCUT2D eigenvalue weighted by molar-refractivity contribution is -0.138. The minimum Gasteiger partial charge on any atom is -0.496 e. The van der Waals surface area contributed by atoms with Crippen LogP contribution >= 0.6 is 11.6 Å². The van der Waals surface area contributed by atoms with E-state index >= 15 is 0 Å². The van der Waals surface area contributed by atoms with Gasteiger partial charge in [-0.3, -0.25) is 0 Å². The van der Waals surface area contributed by atoms with E-state index < -0.39 is 18.0 Å². The summed E-state index contributed by atoms with van der Waals surface area (Å²) >= 11 is 6.16. The van der Waals surface area contributed by atoms with E-state index in [-0.39, 0.29) is 12.2 Å². The molecule has 6 nitrogen and oxygen atoms in total. The van der Waals surface area contributed by atoms with E-state index in [2.05, 4.69) is 10.6 Å². The summed E-state index contributed by atoms with van der Waals surface area (Å²) in [4.78, 5) is 25.2. The predicted octanol–water partition coefficient (Wildman–Crippen LogP) is 3.68. The molecule has 0 saturated carbocycles. The average molecular weight is 387 g/mol. The maximum atomic E-state index is 12.8. The van der Waals surface area contributed by atoms with Gasteiger partial charge in [0.05, 0.1) is 31.0 Å². The maximum Gasteiger partial charge on any atom is 0.338 e. The lowest BCUT2D eigenvalue weighted by Crippen LogP contribution is -2.45. The second-order valence-electron chi connectivity index (χ2n) is 5.79. The van der Waals surface area contributed by atoms with E-state index in [1.807, 2.05) is 30.3 Å². The highest BCUT2D eigenvalue weighted by Gasteiger charge is 2.35. The first kappa shape index (κ1) is 18.8. The van der Waals surface area contributed by atoms with Crippen molar-refractivity contribution in [3.05, 3.63) is 70.3 Å². The van der Waals surface area contributed by atoms with Crippen molar-refractivity contribution < 1.29 is 19.1 Å². The lowest BCUT2D eigenvalue weighted by atomic mass is 9.92. The van der Waals surface area contributed by atoms with E-state index in [0.29, 0.717) is 27.6 Å². The van der Waals surface area contributed by atoms with E-state index in [1.165, 1.54) is 7.11 Å². The van der Waals surface area contributed by atoms with Crippen molar-refractivity contribution in [2.45, 2.75) is 13.0 Å². The molecule has 2 N–H and O–H groups in total. The highest BCUT2D eigenvalue weighted by molar-refractivity contribution is 6.30. The van der Waals surface area contributed by atoms with Crippen LogP contribution in [0.1, 0.15) is 24.1 Å². The van der Waals surface area contributed by atoms with Gasteiger partial charge in [-0.2, -0.15) is 0 Å². The molecule has 0 aromatic heterocycles. The molecule has 1 atom stereocenters. The zero-order valence-electron chi connectivity index (χ0n) is 14.9. The molecule has 1 heterocycles. The lowest BCUT2D eigenvalue weighted by Gasteiger charge is -2.30. The smallest absolute Gasteiger partial charge is 0.338 e. The van der Waals surface area contributed by atoms with Crippen molar-refractivity contribution >= 4 is 29.3 Å². The highest BCUT2D eigenvalue weighted by atomic mass is 35.5. The zero-order chi connectivity index (χ0) is 19.4. The van der Waals surface area contributed by atoms with Crippen LogP contribution in [0.25, 0.3) is 5.70 Å². The Balaban J connectivity index is 2.23. The Morgan fingerprint density at radius 2 is 1.93 bits per heavy atom. The monoisotopic (exact) mass is 386 g/mol. The SMILES string of the molecule is CCOC(=O)C1=C(c2ccccc2)NC(=O)N[C@@H]1c1cc(Cl)ccc1OC. The molecule has 2 aromatic rings. The van der Waals surface area contributed by atoms with E-state index in [4.69, 9.17) is 21.1 Å². The minimum atomic E-state index is -0.776. The Hall–Kier alpha value is -2.99. The van der Waals surface area contributed by atoms with Crippen LogP contribution in [0.2, 0.25) is 5.02 Å². The Bertz CT molecular complexity index is 896. The third-order valence-corrected chi connectivity index (χ3v) is 4.37. The molecule has 3 rings (SSSR count). The number of urea groups is 1. The first-order valence-electron chi connectivity index (χ1n) is 8.42. The van der Waals surface area contributed by atoms with Crippen LogP contribution in [0.4, 0.5) is 4.79 Å². The predicted molar refractivity (Wildman–Crippen MR) is 102 cm³/mol. The molecular formula is C20H19ClN2O4. The quantitative estimate of drug-likeness (QED) is 0.768. The van der Waals surface area contributed by atoms with Gasteiger partial charge in [0.25, 0.3) is 0 Å². The number of amides is 2. The van der Waals surface area contributed by atoms with Gasteiger partial charge in [-0.25, -0.2) is 9.59 Å². The normalized spacial score (nSPS) is 16.4. The topological polar surface area (TPSA) is 76.7 Å². The maximum absolute atomic E-state index is 12.8. The molecule has 0 saturated heterocycles. The number of ether oxygens (including phenoxy) is 2. The first-order chi connectivity index (χ1) is 13.0. The molecular weight excluding hydrogens is 368 g/mol. The second-order valence-corrected chi connectivity index (χ2v) is 6.23. The molecule has 7 heteroatoms. The molecule has 1 aliphatic rings. The van der Waals surface area contributed by atoms with Crippen LogP contribution in [0.15, 0.2) is 54.1 Å². The van der Waals surface area contributed by atoms with Crippen molar-refractivity contribution in [2.24, 2.45) is 0 Å². The Morgan fingerprint density at radius 1 is 1.19 bits per heavy atom. The van der Waals surface area contributed by atoms with Gasteiger partial charge in [0.1, 0.15) is 5.75 Å². The van der Waals surface area contributed by atoms with Crippen LogP contribution in [0.5, 0.6) is 5.75 Å². The van der Waals surface area contributed by atoms with Crippen LogP contribution in [0, 0.1) is 0 Å². The molecule has 2 amide bonds. The van der Waals surface area contributed by atoms with Gasteiger partial charge in [0.15, 0.2) is 0 Å². The number of esters is 1. The van der Waals surface area contributed by atoms with Crippen molar-refractivity contribution in [1.82, 2.24) is 10.6 Å². The molecule has 0 bridgehead atoms. The summed E-state index contributed by atoms with van der Waals surface area (Å²) in [6.45, 7) is 1.93. The van der Waals surface area contributed by atoms with Crippen LogP contribution in [-0.4, -0.2) is 25.7 Å². The third kappa shape index (κ3) is 3.90. The van der Waals surface area contributed by atoms with Gasteiger partial charge in [-0.05, 0) is 30.7 Å². The minimum absolute atomic E-state index is 0.206. The molecule has 0 unspecified atom stereocenters. The average Bonchev–Trinajstić information content (AvgIpc) is 2.68. The second kappa shape index (κ2) is 8.14. The summed E-state index contributed by atoms with van der Waals surface area (Å²) in [6, 6.07) is 13.0. The molecule has 2 aromatic carbocycles. The number of nitrogens with one attached hydrogen (secondary N) is 2. The van der Waals surface area contributed by atoms with Gasteiger partial charge < -0.3 is 20.1 Å². The number of halogens is 1. The Labute approximate surface area is 162 Å². The first-order valence-corrected chi connectivity index (χ1v) is 8.80. The molecule has 27 heavy (non-hydrogen) atoms. The summed E-state index contributed by atoms with van der Waals surface area (Å²) in [6.07, 6.45) is 0. The van der Waals surface area contributed by atoms with Crippen LogP contribution in [0.3, 0.4) is 0 Å². The molecule has 0 aliphatic carbocycles. The van der Waals surface area contributed by atoms with E-state index in [9.17, 15) is 9.59 Å². The van der Waals surface area contributed by atoms with Crippen molar-refractivity contribution in [1.29, 1.82) is 0 Å². The van der Waals surface area contributed by atoms with Gasteiger partial charge in [0, 0.05) is 10.6 Å². The Morgan fingerprint density at radius 3 is 2.59 bits per heavy atom. The van der Waals surface area contributed by atoms with Gasteiger partial charge in [-0.1, -0.05) is 41.9 Å². The summed E-state index contributed by atoms with van der Waals surface area (Å²) in [5.74, 6) is -0.0308. The van der Waals surface area contributed by atoms with Gasteiger partial charge >= 0.3 is 12.0 Å². The van der Waals surface area contributed by atoms with Gasteiger partial charge in [0.2, 0.25) is 0 Å². The molecule has 0 radical (unpaired) electrons. The fourth-order valence-electron chi connectivity index (χ4n) is 2.99. The largest absolute Gasteiger partial charge is 0.496 e. The van der Waals surface area contributed by atoms with Crippen molar-refractivity contribution in [3.63, 3.8) is 0 Å². The number of carbonyl (C=O) groups excluding carboxylic acids is 2. The zero-order valence-corrected chi connectivity index (χ0v) is 15.7. The fraction of sp³-hybridized carbons (Fsp3) is 0.200. The number of methoxy groups -OCH3 is 1. The highest BCUT2D eigenvalue weighted by Crippen LogP contribution is 2.37. The summed E-state index contributed by atoms with van der Waals surface area (Å²) in [5.41, 5.74) is 1.94. The van der Waals surface area contributed by atoms with Crippen molar-refractivity contribution in [3.8, 4) is 5.75 Å². The summed E-state index contributed by atoms with van der Waals surface area (Å²) in [5, 5.41) is 5.97. The van der Waals surface area contributed by atoms with Crippen LogP contribution in [-0.2, 0) is 9.53 Å². The number of carbonyl (C=O) groups is 2. The third-order valence-electron chi connectivity index (χ3n) is 4.13. The standard InChI is InChI=1S/C20H19ClN2O4/c1-3-27-19(24)16-17(12-7-5-4-6-8-12)22-20(25)23-18(16)14-11-13(21)9-10-15(14)26-2/h4-11,18H,3H2,1-2H3,(H2,22,23,25)/t18-/m1/s1. The van der Waals surface area contributed by atoms with E-state index in [1.54, 1.807) is 25.1 Å².